The molecule has 4 heteroatoms. The van der Waals surface area contributed by atoms with E-state index in [1.807, 2.05) is 12.1 Å². The van der Waals surface area contributed by atoms with Crippen molar-refractivity contribution in [3.05, 3.63) is 29.8 Å². The Labute approximate surface area is 127 Å². The van der Waals surface area contributed by atoms with Crippen LogP contribution in [0.1, 0.15) is 52.5 Å². The lowest BCUT2D eigenvalue weighted by Crippen LogP contribution is -2.44. The summed E-state index contributed by atoms with van der Waals surface area (Å²) in [5, 5.41) is 8.93. The van der Waals surface area contributed by atoms with Crippen LogP contribution in [-0.4, -0.2) is 23.2 Å². The van der Waals surface area contributed by atoms with Crippen molar-refractivity contribution >= 4 is 5.97 Å². The smallest absolute Gasteiger partial charge is 0.323 e. The lowest BCUT2D eigenvalue weighted by Gasteiger charge is -2.20. The molecule has 0 aliphatic carbocycles. The van der Waals surface area contributed by atoms with Crippen LogP contribution in [0.3, 0.4) is 0 Å². The third kappa shape index (κ3) is 5.76. The van der Waals surface area contributed by atoms with E-state index in [4.69, 9.17) is 15.6 Å². The van der Waals surface area contributed by atoms with Gasteiger partial charge < -0.3 is 15.6 Å². The monoisotopic (exact) mass is 293 g/mol. The van der Waals surface area contributed by atoms with Crippen molar-refractivity contribution in [1.29, 1.82) is 0 Å². The molecule has 1 unspecified atom stereocenters. The highest BCUT2D eigenvalue weighted by Crippen LogP contribution is 2.25. The van der Waals surface area contributed by atoms with Gasteiger partial charge in [0.2, 0.25) is 0 Å². The minimum atomic E-state index is -1.15. The fourth-order valence-corrected chi connectivity index (χ4v) is 1.94. The predicted molar refractivity (Wildman–Crippen MR) is 84.7 cm³/mol. The lowest BCUT2D eigenvalue weighted by atomic mass is 9.87. The zero-order valence-electron chi connectivity index (χ0n) is 13.5. The Morgan fingerprint density at radius 1 is 1.24 bits per heavy atom. The number of nitrogens with two attached hydrogens (primary N) is 1. The highest BCUT2D eigenvalue weighted by Gasteiger charge is 2.26. The summed E-state index contributed by atoms with van der Waals surface area (Å²) in [6, 6.07) is 8.10. The molecule has 0 saturated heterocycles. The summed E-state index contributed by atoms with van der Waals surface area (Å²) in [5.41, 5.74) is 5.87. The molecule has 0 saturated carbocycles. The topological polar surface area (TPSA) is 72.5 Å². The van der Waals surface area contributed by atoms with Gasteiger partial charge in [0, 0.05) is 0 Å². The Balaban J connectivity index is 2.39. The van der Waals surface area contributed by atoms with E-state index in [-0.39, 0.29) is 5.41 Å². The van der Waals surface area contributed by atoms with Crippen LogP contribution in [0.15, 0.2) is 24.3 Å². The lowest BCUT2D eigenvalue weighted by molar-refractivity contribution is -0.142. The molecule has 0 bridgehead atoms. The van der Waals surface area contributed by atoms with Gasteiger partial charge in [0.25, 0.3) is 0 Å². The number of ether oxygens (including phenoxy) is 1. The summed E-state index contributed by atoms with van der Waals surface area (Å²) in [4.78, 5) is 10.9. The Kier molecular flexibility index (Phi) is 5.78. The minimum Gasteiger partial charge on any atom is -0.494 e. The molecule has 0 radical (unpaired) electrons. The molecule has 0 aliphatic rings. The molecule has 0 spiro atoms. The molecular weight excluding hydrogens is 266 g/mol. The number of aliphatic carboxylic acids is 1. The second-order valence-corrected chi connectivity index (χ2v) is 6.81. The van der Waals surface area contributed by atoms with Crippen molar-refractivity contribution in [3.63, 3.8) is 0 Å². The second kappa shape index (κ2) is 6.94. The highest BCUT2D eigenvalue weighted by molar-refractivity contribution is 5.77. The van der Waals surface area contributed by atoms with Crippen molar-refractivity contribution in [1.82, 2.24) is 0 Å². The molecule has 0 amide bonds. The molecule has 1 aromatic carbocycles. The third-order valence-electron chi connectivity index (χ3n) is 3.55. The van der Waals surface area contributed by atoms with Crippen molar-refractivity contribution < 1.29 is 14.6 Å². The van der Waals surface area contributed by atoms with E-state index in [1.165, 1.54) is 5.56 Å². The molecule has 3 N–H and O–H groups in total. The van der Waals surface area contributed by atoms with E-state index < -0.39 is 11.5 Å². The van der Waals surface area contributed by atoms with E-state index in [0.29, 0.717) is 13.0 Å². The zero-order chi connectivity index (χ0) is 16.1. The average molecular weight is 293 g/mol. The number of hydrogen-bond donors (Lipinski definition) is 2. The van der Waals surface area contributed by atoms with Gasteiger partial charge in [0.15, 0.2) is 0 Å². The first kappa shape index (κ1) is 17.5. The quantitative estimate of drug-likeness (QED) is 0.756. The maximum absolute atomic E-state index is 10.9. The predicted octanol–water partition coefficient (Wildman–Crippen LogP) is 3.34. The Morgan fingerprint density at radius 3 is 2.48 bits per heavy atom. The number of unbranched alkanes of at least 4 members (excludes halogenated alkanes) is 1. The maximum Gasteiger partial charge on any atom is 0.323 e. The Hall–Kier alpha value is -1.55. The molecule has 4 nitrogen and oxygen atoms in total. The molecule has 0 aliphatic heterocycles. The van der Waals surface area contributed by atoms with Gasteiger partial charge in [-0.2, -0.15) is 0 Å². The SMILES string of the molecule is CC(N)(CCCCOc1cccc(C(C)(C)C)c1)C(=O)O. The van der Waals surface area contributed by atoms with Gasteiger partial charge in [0.05, 0.1) is 6.61 Å². The summed E-state index contributed by atoms with van der Waals surface area (Å²) in [7, 11) is 0. The fraction of sp³-hybridized carbons (Fsp3) is 0.588. The summed E-state index contributed by atoms with van der Waals surface area (Å²) in [6.45, 7) is 8.62. The summed E-state index contributed by atoms with van der Waals surface area (Å²) in [5.74, 6) is -0.0996. The van der Waals surface area contributed by atoms with Crippen LogP contribution in [0.4, 0.5) is 0 Å². The molecule has 0 heterocycles. The van der Waals surface area contributed by atoms with Gasteiger partial charge in [-0.05, 0) is 49.3 Å². The maximum atomic E-state index is 10.9. The number of carboxylic acid groups (broad SMARTS) is 1. The van der Waals surface area contributed by atoms with Crippen molar-refractivity contribution in [2.75, 3.05) is 6.61 Å². The first-order valence-electron chi connectivity index (χ1n) is 7.38. The first-order valence-corrected chi connectivity index (χ1v) is 7.38. The molecule has 0 fully saturated rings. The van der Waals surface area contributed by atoms with Crippen LogP contribution in [0.2, 0.25) is 0 Å². The van der Waals surface area contributed by atoms with E-state index in [2.05, 4.69) is 32.9 Å². The third-order valence-corrected chi connectivity index (χ3v) is 3.55. The van der Waals surface area contributed by atoms with Crippen LogP contribution >= 0.6 is 0 Å². The molecule has 1 rings (SSSR count). The molecule has 1 aromatic rings. The van der Waals surface area contributed by atoms with Crippen LogP contribution in [0.5, 0.6) is 5.75 Å². The summed E-state index contributed by atoms with van der Waals surface area (Å²) in [6.07, 6.45) is 1.98. The van der Waals surface area contributed by atoms with Gasteiger partial charge in [-0.25, -0.2) is 0 Å². The largest absolute Gasteiger partial charge is 0.494 e. The standard InChI is InChI=1S/C17H27NO3/c1-16(2,3)13-8-7-9-14(12-13)21-11-6-5-10-17(4,18)15(19)20/h7-9,12H,5-6,10-11,18H2,1-4H3,(H,19,20). The molecule has 21 heavy (non-hydrogen) atoms. The average Bonchev–Trinajstić information content (AvgIpc) is 2.37. The van der Waals surface area contributed by atoms with Gasteiger partial charge in [-0.15, -0.1) is 0 Å². The van der Waals surface area contributed by atoms with Crippen LogP contribution < -0.4 is 10.5 Å². The van der Waals surface area contributed by atoms with Crippen LogP contribution in [0, 0.1) is 0 Å². The molecule has 118 valence electrons. The van der Waals surface area contributed by atoms with Crippen molar-refractivity contribution in [3.8, 4) is 5.75 Å². The molecule has 1 atom stereocenters. The number of carbonyl (C=O) groups is 1. The van der Waals surface area contributed by atoms with Gasteiger partial charge >= 0.3 is 5.97 Å². The van der Waals surface area contributed by atoms with Crippen molar-refractivity contribution in [2.45, 2.75) is 57.9 Å². The van der Waals surface area contributed by atoms with Crippen LogP contribution in [-0.2, 0) is 10.2 Å². The number of benzene rings is 1. The Morgan fingerprint density at radius 2 is 1.90 bits per heavy atom. The molecule has 0 aromatic heterocycles. The fourth-order valence-electron chi connectivity index (χ4n) is 1.94. The number of rotatable bonds is 7. The minimum absolute atomic E-state index is 0.0994. The summed E-state index contributed by atoms with van der Waals surface area (Å²) < 4.78 is 5.73. The van der Waals surface area contributed by atoms with Gasteiger partial charge in [-0.3, -0.25) is 4.79 Å². The van der Waals surface area contributed by atoms with E-state index in [1.54, 1.807) is 6.92 Å². The highest BCUT2D eigenvalue weighted by atomic mass is 16.5. The van der Waals surface area contributed by atoms with E-state index >= 15 is 0 Å². The first-order chi connectivity index (χ1) is 9.63. The summed E-state index contributed by atoms with van der Waals surface area (Å²) >= 11 is 0. The van der Waals surface area contributed by atoms with Crippen molar-refractivity contribution in [2.24, 2.45) is 5.73 Å². The Bertz CT molecular complexity index is 475. The van der Waals surface area contributed by atoms with E-state index in [0.717, 1.165) is 18.6 Å². The van der Waals surface area contributed by atoms with Gasteiger partial charge in [0.1, 0.15) is 11.3 Å². The van der Waals surface area contributed by atoms with Crippen LogP contribution in [0.25, 0.3) is 0 Å². The zero-order valence-corrected chi connectivity index (χ0v) is 13.5. The number of carboxylic acids is 1. The van der Waals surface area contributed by atoms with Gasteiger partial charge in [-0.1, -0.05) is 32.9 Å². The second-order valence-electron chi connectivity index (χ2n) is 6.81. The molecular formula is C17H27NO3. The van der Waals surface area contributed by atoms with E-state index in [9.17, 15) is 4.79 Å². The normalized spacial score (nSPS) is 14.5. The number of hydrogen-bond acceptors (Lipinski definition) is 3.